The maximum Gasteiger partial charge on any atom is 0.312 e. The van der Waals surface area contributed by atoms with E-state index in [0.717, 1.165) is 0 Å². The number of hydrogen-bond donors (Lipinski definition) is 2. The van der Waals surface area contributed by atoms with Crippen molar-refractivity contribution in [2.24, 2.45) is 5.11 Å². The summed E-state index contributed by atoms with van der Waals surface area (Å²) in [5.41, 5.74) is 7.93. The van der Waals surface area contributed by atoms with Crippen LogP contribution in [0.25, 0.3) is 10.4 Å². The first-order valence-corrected chi connectivity index (χ1v) is 3.09. The monoisotopic (exact) mass is 172 g/mol. The van der Waals surface area contributed by atoms with Gasteiger partial charge in [-0.3, -0.25) is 9.59 Å². The topological polar surface area (TPSA) is 115 Å². The number of azide groups is 1. The van der Waals surface area contributed by atoms with E-state index in [2.05, 4.69) is 15.3 Å². The third-order valence-electron chi connectivity index (χ3n) is 1.13. The van der Waals surface area contributed by atoms with E-state index in [1.54, 1.807) is 0 Å². The molecule has 7 heteroatoms. The van der Waals surface area contributed by atoms with E-state index in [1.807, 2.05) is 0 Å². The quantitative estimate of drug-likeness (QED) is 0.350. The zero-order chi connectivity index (χ0) is 9.56. The Balaban J connectivity index is 4.23. The lowest BCUT2D eigenvalue weighted by atomic mass is 10.2. The zero-order valence-corrected chi connectivity index (χ0v) is 6.39. The molecule has 0 aliphatic rings. The molecule has 0 saturated carbocycles. The summed E-state index contributed by atoms with van der Waals surface area (Å²) in [6, 6.07) is -1.32. The van der Waals surface area contributed by atoms with Crippen LogP contribution >= 0.6 is 0 Å². The van der Waals surface area contributed by atoms with Gasteiger partial charge in [-0.2, -0.15) is 0 Å². The SMILES string of the molecule is CNC(=O)CC(N=[N+]=[N-])C(=O)O. The standard InChI is InChI=1S/C5H8N4O3/c1-7-4(10)2-3(5(11)12)8-9-6/h3H,2H2,1H3,(H,7,10)(H,11,12). The van der Waals surface area contributed by atoms with Crippen LogP contribution in [-0.2, 0) is 9.59 Å². The third-order valence-corrected chi connectivity index (χ3v) is 1.13. The van der Waals surface area contributed by atoms with Gasteiger partial charge in [0.25, 0.3) is 0 Å². The van der Waals surface area contributed by atoms with E-state index in [4.69, 9.17) is 10.6 Å². The molecule has 0 aromatic rings. The minimum atomic E-state index is -1.32. The number of nitrogens with zero attached hydrogens (tertiary/aromatic N) is 3. The Bertz CT molecular complexity index is 231. The second kappa shape index (κ2) is 4.97. The second-order valence-electron chi connectivity index (χ2n) is 1.94. The smallest absolute Gasteiger partial charge is 0.312 e. The van der Waals surface area contributed by atoms with E-state index in [9.17, 15) is 9.59 Å². The Kier molecular flexibility index (Phi) is 4.25. The van der Waals surface area contributed by atoms with Crippen LogP contribution in [0.2, 0.25) is 0 Å². The van der Waals surface area contributed by atoms with Crippen LogP contribution < -0.4 is 5.32 Å². The summed E-state index contributed by atoms with van der Waals surface area (Å²) in [7, 11) is 1.37. The molecule has 1 amide bonds. The first-order valence-electron chi connectivity index (χ1n) is 3.09. The summed E-state index contributed by atoms with van der Waals surface area (Å²) in [6.07, 6.45) is -0.337. The highest BCUT2D eigenvalue weighted by atomic mass is 16.4. The van der Waals surface area contributed by atoms with Gasteiger partial charge in [-0.25, -0.2) is 0 Å². The van der Waals surface area contributed by atoms with Crippen molar-refractivity contribution in [2.45, 2.75) is 12.5 Å². The molecule has 0 aliphatic heterocycles. The molecule has 0 spiro atoms. The first kappa shape index (κ1) is 10.2. The molecule has 1 unspecified atom stereocenters. The van der Waals surface area contributed by atoms with Crippen LogP contribution in [0.5, 0.6) is 0 Å². The molecule has 66 valence electrons. The van der Waals surface area contributed by atoms with Gasteiger partial charge in [0.15, 0.2) is 0 Å². The van der Waals surface area contributed by atoms with Crippen molar-refractivity contribution < 1.29 is 14.7 Å². The predicted molar refractivity (Wildman–Crippen MR) is 39.3 cm³/mol. The third kappa shape index (κ3) is 3.43. The fraction of sp³-hybridized carbons (Fsp3) is 0.600. The molecule has 0 saturated heterocycles. The Morgan fingerprint density at radius 3 is 2.67 bits per heavy atom. The van der Waals surface area contributed by atoms with Gasteiger partial charge in [-0.1, -0.05) is 5.11 Å². The summed E-state index contributed by atoms with van der Waals surface area (Å²) < 4.78 is 0. The lowest BCUT2D eigenvalue weighted by Gasteiger charge is -2.02. The Morgan fingerprint density at radius 2 is 2.33 bits per heavy atom. The molecule has 0 fully saturated rings. The number of carboxylic acids is 1. The van der Waals surface area contributed by atoms with Gasteiger partial charge in [0.05, 0.1) is 0 Å². The summed E-state index contributed by atoms with van der Waals surface area (Å²) in [4.78, 5) is 23.2. The van der Waals surface area contributed by atoms with Gasteiger partial charge < -0.3 is 10.4 Å². The normalized spacial score (nSPS) is 11.1. The van der Waals surface area contributed by atoms with Crippen LogP contribution in [0.3, 0.4) is 0 Å². The van der Waals surface area contributed by atoms with Crippen LogP contribution in [0, 0.1) is 0 Å². The molecule has 2 N–H and O–H groups in total. The summed E-state index contributed by atoms with van der Waals surface area (Å²) in [5.74, 6) is -1.79. The zero-order valence-electron chi connectivity index (χ0n) is 6.39. The highest BCUT2D eigenvalue weighted by Gasteiger charge is 2.18. The van der Waals surface area contributed by atoms with E-state index in [0.29, 0.717) is 0 Å². The maximum absolute atomic E-state index is 10.6. The van der Waals surface area contributed by atoms with E-state index in [1.165, 1.54) is 7.05 Å². The molecular formula is C5H8N4O3. The maximum atomic E-state index is 10.6. The largest absolute Gasteiger partial charge is 0.481 e. The van der Waals surface area contributed by atoms with Gasteiger partial charge >= 0.3 is 5.97 Å². The fourth-order valence-corrected chi connectivity index (χ4v) is 0.518. The summed E-state index contributed by atoms with van der Waals surface area (Å²) >= 11 is 0. The van der Waals surface area contributed by atoms with Gasteiger partial charge in [0.1, 0.15) is 6.04 Å². The molecule has 1 atom stereocenters. The van der Waals surface area contributed by atoms with Crippen molar-refractivity contribution in [1.82, 2.24) is 5.32 Å². The predicted octanol–water partition coefficient (Wildman–Crippen LogP) is -0.114. The molecule has 0 radical (unpaired) electrons. The van der Waals surface area contributed by atoms with Gasteiger partial charge in [-0.05, 0) is 5.53 Å². The molecular weight excluding hydrogens is 164 g/mol. The molecule has 12 heavy (non-hydrogen) atoms. The second-order valence-corrected chi connectivity index (χ2v) is 1.94. The highest BCUT2D eigenvalue weighted by Crippen LogP contribution is 1.98. The van der Waals surface area contributed by atoms with E-state index >= 15 is 0 Å². The summed E-state index contributed by atoms with van der Waals surface area (Å²) in [5, 5.41) is 13.6. The molecule has 0 aliphatic carbocycles. The van der Waals surface area contributed by atoms with Crippen LogP contribution in [0.1, 0.15) is 6.42 Å². The number of rotatable bonds is 4. The molecule has 0 heterocycles. The molecule has 0 bridgehead atoms. The van der Waals surface area contributed by atoms with E-state index in [-0.39, 0.29) is 6.42 Å². The fourth-order valence-electron chi connectivity index (χ4n) is 0.518. The lowest BCUT2D eigenvalue weighted by Crippen LogP contribution is -2.27. The van der Waals surface area contributed by atoms with Crippen LogP contribution in [0.15, 0.2) is 5.11 Å². The summed E-state index contributed by atoms with van der Waals surface area (Å²) in [6.45, 7) is 0. The van der Waals surface area contributed by atoms with Gasteiger partial charge in [0, 0.05) is 18.4 Å². The average Bonchev–Trinajstić information content (AvgIpc) is 2.03. The Morgan fingerprint density at radius 1 is 1.75 bits per heavy atom. The number of aliphatic carboxylic acids is 1. The van der Waals surface area contributed by atoms with Crippen molar-refractivity contribution in [3.63, 3.8) is 0 Å². The number of carbonyl (C=O) groups excluding carboxylic acids is 1. The molecule has 7 nitrogen and oxygen atoms in total. The van der Waals surface area contributed by atoms with Gasteiger partial charge in [0.2, 0.25) is 5.91 Å². The number of amides is 1. The average molecular weight is 172 g/mol. The molecule has 0 rings (SSSR count). The van der Waals surface area contributed by atoms with Crippen molar-refractivity contribution in [3.05, 3.63) is 10.4 Å². The Hall–Kier alpha value is -1.75. The van der Waals surface area contributed by atoms with E-state index < -0.39 is 17.9 Å². The van der Waals surface area contributed by atoms with Crippen molar-refractivity contribution in [1.29, 1.82) is 0 Å². The Labute approximate surface area is 68.0 Å². The lowest BCUT2D eigenvalue weighted by molar-refractivity contribution is -0.140. The minimum absolute atomic E-state index is 0.337. The van der Waals surface area contributed by atoms with Crippen LogP contribution in [0.4, 0.5) is 0 Å². The van der Waals surface area contributed by atoms with Crippen molar-refractivity contribution in [2.75, 3.05) is 7.05 Å². The molecule has 0 aromatic heterocycles. The first-order chi connectivity index (χ1) is 5.61. The number of carboxylic acid groups (broad SMARTS) is 1. The van der Waals surface area contributed by atoms with Gasteiger partial charge in [-0.15, -0.1) is 0 Å². The van der Waals surface area contributed by atoms with Crippen molar-refractivity contribution >= 4 is 11.9 Å². The number of hydrogen-bond acceptors (Lipinski definition) is 3. The highest BCUT2D eigenvalue weighted by molar-refractivity contribution is 5.84. The minimum Gasteiger partial charge on any atom is -0.481 e. The number of nitrogens with one attached hydrogen (secondary N) is 1. The number of carbonyl (C=O) groups is 2. The van der Waals surface area contributed by atoms with Crippen molar-refractivity contribution in [3.8, 4) is 0 Å². The molecule has 0 aromatic carbocycles. The van der Waals surface area contributed by atoms with Crippen LogP contribution in [-0.4, -0.2) is 30.1 Å².